The molecule has 3 heterocycles. The summed E-state index contributed by atoms with van der Waals surface area (Å²) in [6.07, 6.45) is 6.82. The van der Waals surface area contributed by atoms with Crippen LogP contribution in [0.2, 0.25) is 0 Å². The summed E-state index contributed by atoms with van der Waals surface area (Å²) < 4.78 is 12.7. The maximum atomic E-state index is 6.38. The molecule has 0 atom stereocenters. The van der Waals surface area contributed by atoms with Gasteiger partial charge in [0.1, 0.15) is 22.5 Å². The van der Waals surface area contributed by atoms with Gasteiger partial charge in [0.25, 0.3) is 0 Å². The highest BCUT2D eigenvalue weighted by Gasteiger charge is 2.18. The highest BCUT2D eigenvalue weighted by atomic mass is 16.3. The fourth-order valence-corrected chi connectivity index (χ4v) is 6.39. The van der Waals surface area contributed by atoms with Gasteiger partial charge in [0.2, 0.25) is 0 Å². The van der Waals surface area contributed by atoms with Gasteiger partial charge in [-0.25, -0.2) is 9.97 Å². The van der Waals surface area contributed by atoms with Gasteiger partial charge in [0.15, 0.2) is 5.82 Å². The number of allylic oxidation sites excluding steroid dienone is 1. The number of benzene rings is 5. The zero-order chi connectivity index (χ0) is 30.3. The summed E-state index contributed by atoms with van der Waals surface area (Å²) in [5.74, 6) is 1.60. The van der Waals surface area contributed by atoms with Crippen LogP contribution in [0.3, 0.4) is 0 Å². The normalized spacial score (nSPS) is 12.0. The zero-order valence-corrected chi connectivity index (χ0v) is 25.1. The van der Waals surface area contributed by atoms with Crippen LogP contribution in [-0.2, 0) is 6.42 Å². The Kier molecular flexibility index (Phi) is 6.61. The van der Waals surface area contributed by atoms with Crippen molar-refractivity contribution in [3.63, 3.8) is 0 Å². The van der Waals surface area contributed by atoms with Crippen molar-refractivity contribution in [3.8, 4) is 33.6 Å². The predicted molar refractivity (Wildman–Crippen MR) is 184 cm³/mol. The molecule has 0 aliphatic rings. The second-order valence-electron chi connectivity index (χ2n) is 11.2. The number of rotatable bonds is 6. The fourth-order valence-electron chi connectivity index (χ4n) is 6.39. The lowest BCUT2D eigenvalue weighted by atomic mass is 9.96. The van der Waals surface area contributed by atoms with Crippen molar-refractivity contribution in [1.29, 1.82) is 0 Å². The van der Waals surface area contributed by atoms with E-state index < -0.39 is 0 Å². The van der Waals surface area contributed by atoms with E-state index in [0.717, 1.165) is 78.7 Å². The molecule has 216 valence electrons. The molecule has 0 spiro atoms. The van der Waals surface area contributed by atoms with Crippen LogP contribution in [0, 0.1) is 0 Å². The van der Waals surface area contributed by atoms with E-state index >= 15 is 0 Å². The van der Waals surface area contributed by atoms with Crippen molar-refractivity contribution in [2.75, 3.05) is 0 Å². The molecule has 5 aromatic carbocycles. The molecule has 0 saturated carbocycles. The average molecular weight is 583 g/mol. The predicted octanol–water partition coefficient (Wildman–Crippen LogP) is 11.1. The van der Waals surface area contributed by atoms with Crippen LogP contribution in [0.4, 0.5) is 0 Å². The maximum absolute atomic E-state index is 6.38. The van der Waals surface area contributed by atoms with Crippen molar-refractivity contribution < 1.29 is 8.83 Å². The molecule has 4 nitrogen and oxygen atoms in total. The number of aryl methyl sites for hydroxylation is 1. The van der Waals surface area contributed by atoms with Crippen LogP contribution in [0.5, 0.6) is 0 Å². The summed E-state index contributed by atoms with van der Waals surface area (Å²) in [6, 6.07) is 39.6. The molecule has 0 saturated heterocycles. The van der Waals surface area contributed by atoms with Crippen LogP contribution in [0.1, 0.15) is 30.7 Å². The highest BCUT2D eigenvalue weighted by molar-refractivity contribution is 6.09. The van der Waals surface area contributed by atoms with Crippen molar-refractivity contribution in [2.45, 2.75) is 20.3 Å². The molecule has 0 amide bonds. The van der Waals surface area contributed by atoms with E-state index in [0.29, 0.717) is 5.82 Å². The van der Waals surface area contributed by atoms with Crippen LogP contribution in [0.25, 0.3) is 72.1 Å². The number of nitrogens with zero attached hydrogens (tertiary/aromatic N) is 2. The molecule has 0 fully saturated rings. The summed E-state index contributed by atoms with van der Waals surface area (Å²) in [7, 11) is 0. The molecule has 8 aromatic rings. The van der Waals surface area contributed by atoms with E-state index in [2.05, 4.69) is 105 Å². The van der Waals surface area contributed by atoms with Crippen molar-refractivity contribution >= 4 is 38.5 Å². The third kappa shape index (κ3) is 4.63. The van der Waals surface area contributed by atoms with E-state index in [4.69, 9.17) is 18.8 Å². The minimum atomic E-state index is 0.680. The molecule has 0 bridgehead atoms. The Labute approximate surface area is 261 Å². The summed E-state index contributed by atoms with van der Waals surface area (Å²) in [6.45, 7) is 4.23. The molecule has 4 heteroatoms. The van der Waals surface area contributed by atoms with Gasteiger partial charge in [-0.3, -0.25) is 0 Å². The SMILES string of the molecule is CC=C(c1cccc(-c2ncc(-c3cccc(-c4cccc5c4oc4ccccc45)c3)cn2)c1)c1oc2ccccc2c1CC. The maximum Gasteiger partial charge on any atom is 0.159 e. The molecule has 0 aliphatic heterocycles. The minimum absolute atomic E-state index is 0.680. The average Bonchev–Trinajstić information content (AvgIpc) is 3.67. The number of para-hydroxylation sites is 3. The lowest BCUT2D eigenvalue weighted by molar-refractivity contribution is 0.595. The molecule has 0 unspecified atom stereocenters. The number of aromatic nitrogens is 2. The quantitative estimate of drug-likeness (QED) is 0.196. The standard InChI is InChI=1S/C41H30N2O2/c1-3-31(39-32(4-2)34-16-5-7-20-37(34)44-39)27-13-10-15-29(23-27)41-42-24-30(25-43-41)26-12-9-14-28(22-26)33-18-11-19-36-35-17-6-8-21-38(35)45-40(33)36/h3,5-25H,4H2,1-2H3. The lowest BCUT2D eigenvalue weighted by Crippen LogP contribution is -1.94. The molecule has 0 radical (unpaired) electrons. The third-order valence-corrected chi connectivity index (χ3v) is 8.58. The van der Waals surface area contributed by atoms with Gasteiger partial charge < -0.3 is 8.83 Å². The first kappa shape index (κ1) is 26.9. The van der Waals surface area contributed by atoms with Gasteiger partial charge in [-0.05, 0) is 54.3 Å². The smallest absolute Gasteiger partial charge is 0.159 e. The van der Waals surface area contributed by atoms with Gasteiger partial charge in [0, 0.05) is 56.4 Å². The second-order valence-corrected chi connectivity index (χ2v) is 11.2. The van der Waals surface area contributed by atoms with Crippen molar-refractivity contribution in [3.05, 3.63) is 151 Å². The molecule has 0 N–H and O–H groups in total. The van der Waals surface area contributed by atoms with Crippen LogP contribution in [0.15, 0.2) is 143 Å². The molecular weight excluding hydrogens is 552 g/mol. The number of fused-ring (bicyclic) bond motifs is 4. The van der Waals surface area contributed by atoms with E-state index in [1.54, 1.807) is 0 Å². The summed E-state index contributed by atoms with van der Waals surface area (Å²) in [5, 5.41) is 3.42. The van der Waals surface area contributed by atoms with Gasteiger partial charge in [-0.15, -0.1) is 0 Å². The van der Waals surface area contributed by atoms with Crippen LogP contribution < -0.4 is 0 Å². The van der Waals surface area contributed by atoms with Gasteiger partial charge in [-0.1, -0.05) is 104 Å². The Bertz CT molecular complexity index is 2370. The second kappa shape index (κ2) is 11.1. The Morgan fingerprint density at radius 2 is 1.29 bits per heavy atom. The first-order chi connectivity index (χ1) is 22.2. The van der Waals surface area contributed by atoms with Gasteiger partial charge >= 0.3 is 0 Å². The minimum Gasteiger partial charge on any atom is -0.456 e. The van der Waals surface area contributed by atoms with Gasteiger partial charge in [-0.2, -0.15) is 0 Å². The topological polar surface area (TPSA) is 52.1 Å². The molecule has 0 aliphatic carbocycles. The molecule has 8 rings (SSSR count). The van der Waals surface area contributed by atoms with E-state index in [1.165, 1.54) is 10.9 Å². The van der Waals surface area contributed by atoms with Crippen molar-refractivity contribution in [1.82, 2.24) is 9.97 Å². The Morgan fingerprint density at radius 3 is 2.09 bits per heavy atom. The zero-order valence-electron chi connectivity index (χ0n) is 25.1. The fraction of sp³-hybridized carbons (Fsp3) is 0.0732. The highest BCUT2D eigenvalue weighted by Crippen LogP contribution is 2.38. The van der Waals surface area contributed by atoms with Gasteiger partial charge in [0.05, 0.1) is 0 Å². The van der Waals surface area contributed by atoms with Crippen LogP contribution >= 0.6 is 0 Å². The third-order valence-electron chi connectivity index (χ3n) is 8.58. The van der Waals surface area contributed by atoms with E-state index in [1.807, 2.05) is 42.7 Å². The van der Waals surface area contributed by atoms with Crippen LogP contribution in [-0.4, -0.2) is 9.97 Å². The molecular formula is C41H30N2O2. The first-order valence-corrected chi connectivity index (χ1v) is 15.3. The summed E-state index contributed by atoms with van der Waals surface area (Å²) >= 11 is 0. The number of furan rings is 2. The number of hydrogen-bond acceptors (Lipinski definition) is 4. The number of hydrogen-bond donors (Lipinski definition) is 0. The molecule has 3 aromatic heterocycles. The summed E-state index contributed by atoms with van der Waals surface area (Å²) in [4.78, 5) is 9.60. The first-order valence-electron chi connectivity index (χ1n) is 15.3. The van der Waals surface area contributed by atoms with E-state index in [9.17, 15) is 0 Å². The summed E-state index contributed by atoms with van der Waals surface area (Å²) in [5.41, 5.74) is 11.2. The molecule has 45 heavy (non-hydrogen) atoms. The Balaban J connectivity index is 1.11. The monoisotopic (exact) mass is 582 g/mol. The van der Waals surface area contributed by atoms with Crippen molar-refractivity contribution in [2.24, 2.45) is 0 Å². The Morgan fingerprint density at radius 1 is 0.622 bits per heavy atom. The Hall–Kier alpha value is -5.74. The van der Waals surface area contributed by atoms with E-state index in [-0.39, 0.29) is 0 Å². The lowest BCUT2D eigenvalue weighted by Gasteiger charge is -2.10. The largest absolute Gasteiger partial charge is 0.456 e.